The number of para-hydroxylation sites is 1. The molecule has 4 aromatic carbocycles. The Morgan fingerprint density at radius 2 is 1.62 bits per heavy atom. The monoisotopic (exact) mass is 626 g/mol. The minimum Gasteiger partial charge on any atom is -0.508 e. The van der Waals surface area contributed by atoms with Gasteiger partial charge in [-0.2, -0.15) is 0 Å². The maximum atomic E-state index is 14.1. The molecule has 7 nitrogen and oxygen atoms in total. The summed E-state index contributed by atoms with van der Waals surface area (Å²) < 4.78 is 12.1. The molecule has 0 saturated carbocycles. The maximum absolute atomic E-state index is 14.1. The fraction of sp³-hybridized carbons (Fsp3) is 0.250. The second-order valence-corrected chi connectivity index (χ2v) is 12.5. The molecule has 3 aliphatic rings. The van der Waals surface area contributed by atoms with E-state index in [0.717, 1.165) is 52.1 Å². The van der Waals surface area contributed by atoms with E-state index in [-0.39, 0.29) is 29.6 Å². The highest BCUT2D eigenvalue weighted by Crippen LogP contribution is 2.51. The highest BCUT2D eigenvalue weighted by Gasteiger charge is 2.57. The van der Waals surface area contributed by atoms with E-state index in [1.165, 1.54) is 4.90 Å². The number of benzene rings is 4. The lowest BCUT2D eigenvalue weighted by molar-refractivity contribution is -0.122. The van der Waals surface area contributed by atoms with Crippen LogP contribution in [0.3, 0.4) is 0 Å². The molecule has 0 unspecified atom stereocenters. The van der Waals surface area contributed by atoms with E-state index in [0.29, 0.717) is 25.3 Å². The van der Waals surface area contributed by atoms with Gasteiger partial charge in [0.2, 0.25) is 11.8 Å². The Kier molecular flexibility index (Phi) is 8.74. The molecular formula is C40H38N2O5. The number of nitrogens with one attached hydrogen (secondary N) is 1. The Bertz CT molecular complexity index is 1820. The van der Waals surface area contributed by atoms with Crippen LogP contribution in [0, 0.1) is 17.8 Å². The summed E-state index contributed by atoms with van der Waals surface area (Å²) in [5.74, 6) is -1.14. The van der Waals surface area contributed by atoms with E-state index in [9.17, 15) is 14.7 Å². The average Bonchev–Trinajstić information content (AvgIpc) is 3.62. The van der Waals surface area contributed by atoms with Crippen molar-refractivity contribution in [2.45, 2.75) is 25.4 Å². The summed E-state index contributed by atoms with van der Waals surface area (Å²) in [6.07, 6.45) is 3.88. The predicted molar refractivity (Wildman–Crippen MR) is 184 cm³/mol. The molecule has 7 heteroatoms. The van der Waals surface area contributed by atoms with Crippen LogP contribution in [0.4, 0.5) is 17.1 Å². The van der Waals surface area contributed by atoms with Crippen LogP contribution in [-0.2, 0) is 19.1 Å². The summed E-state index contributed by atoms with van der Waals surface area (Å²) in [5.41, 5.74) is 7.80. The van der Waals surface area contributed by atoms with Gasteiger partial charge >= 0.3 is 0 Å². The van der Waals surface area contributed by atoms with E-state index in [2.05, 4.69) is 23.5 Å². The number of rotatable bonds is 10. The first-order valence-electron chi connectivity index (χ1n) is 16.2. The van der Waals surface area contributed by atoms with E-state index in [4.69, 9.17) is 9.47 Å². The zero-order valence-corrected chi connectivity index (χ0v) is 26.3. The van der Waals surface area contributed by atoms with Gasteiger partial charge in [-0.15, -0.1) is 0 Å². The molecule has 0 radical (unpaired) electrons. The molecule has 1 aliphatic carbocycles. The smallest absolute Gasteiger partial charge is 0.238 e. The lowest BCUT2D eigenvalue weighted by Gasteiger charge is -2.31. The van der Waals surface area contributed by atoms with Crippen molar-refractivity contribution in [1.82, 2.24) is 0 Å². The number of carbonyl (C=O) groups is 2. The summed E-state index contributed by atoms with van der Waals surface area (Å²) in [4.78, 5) is 29.3. The van der Waals surface area contributed by atoms with Crippen LogP contribution in [-0.4, -0.2) is 43.3 Å². The molecule has 2 saturated heterocycles. The fourth-order valence-electron chi connectivity index (χ4n) is 7.47. The quantitative estimate of drug-likeness (QED) is 0.107. The summed E-state index contributed by atoms with van der Waals surface area (Å²) in [7, 11) is 1.67. The van der Waals surface area contributed by atoms with Crippen molar-refractivity contribution < 1.29 is 24.2 Å². The fourth-order valence-corrected chi connectivity index (χ4v) is 7.47. The number of allylic oxidation sites excluding steroid dienone is 1. The van der Waals surface area contributed by atoms with Gasteiger partial charge in [0, 0.05) is 24.4 Å². The number of hydrogen-bond donors (Lipinski definition) is 2. The van der Waals surface area contributed by atoms with Gasteiger partial charge in [0.15, 0.2) is 0 Å². The number of nitrogens with zero attached hydrogens (tertiary/aromatic N) is 1. The van der Waals surface area contributed by atoms with Crippen LogP contribution in [0.15, 0.2) is 120 Å². The van der Waals surface area contributed by atoms with Crippen molar-refractivity contribution in [3.05, 3.63) is 131 Å². The van der Waals surface area contributed by atoms with Crippen molar-refractivity contribution >= 4 is 40.5 Å². The van der Waals surface area contributed by atoms with Crippen LogP contribution in [0.25, 0.3) is 11.6 Å². The standard InChI is InChI=1S/C40H38N2O5/c1-46-24-29-23-34-38(40(45)42(39(34)44)32-18-16-31(17-19-32)41-30-12-6-3-7-13-30)35-25-47-36(37(29)35)20-15-28(27-10-4-2-5-11-27)21-26-9-8-14-33(43)22-26/h2-14,16-19,21-22,34-36,38,41,43H,15,20,23-25H2,1H3/b28-21-/t34-,35+,36-,38-/m1/s1. The largest absolute Gasteiger partial charge is 0.508 e. The molecular weight excluding hydrogens is 588 g/mol. The van der Waals surface area contributed by atoms with Gasteiger partial charge in [0.1, 0.15) is 5.75 Å². The van der Waals surface area contributed by atoms with Crippen molar-refractivity contribution in [3.63, 3.8) is 0 Å². The molecule has 4 aromatic rings. The Hall–Kier alpha value is -4.98. The van der Waals surface area contributed by atoms with Crippen molar-refractivity contribution in [2.24, 2.45) is 17.8 Å². The molecule has 2 fully saturated rings. The molecule has 2 heterocycles. The van der Waals surface area contributed by atoms with Gasteiger partial charge in [-0.1, -0.05) is 66.7 Å². The Labute approximate surface area is 275 Å². The van der Waals surface area contributed by atoms with Gasteiger partial charge in [0.25, 0.3) is 0 Å². The first-order chi connectivity index (χ1) is 23.0. The van der Waals surface area contributed by atoms with Crippen LogP contribution < -0.4 is 10.2 Å². The summed E-state index contributed by atoms with van der Waals surface area (Å²) in [6, 6.07) is 34.8. The van der Waals surface area contributed by atoms with Gasteiger partial charge in [0.05, 0.1) is 36.8 Å². The molecule has 0 aromatic heterocycles. The number of amides is 2. The maximum Gasteiger partial charge on any atom is 0.238 e. The normalized spacial score (nSPS) is 22.4. The Morgan fingerprint density at radius 1 is 0.894 bits per heavy atom. The molecule has 2 N–H and O–H groups in total. The van der Waals surface area contributed by atoms with Crippen LogP contribution in [0.2, 0.25) is 0 Å². The molecule has 0 bridgehead atoms. The summed E-state index contributed by atoms with van der Waals surface area (Å²) >= 11 is 0. The van der Waals surface area contributed by atoms with Gasteiger partial charge < -0.3 is 19.9 Å². The minimum absolute atomic E-state index is 0.152. The van der Waals surface area contributed by atoms with Crippen molar-refractivity contribution in [3.8, 4) is 5.75 Å². The lowest BCUT2D eigenvalue weighted by atomic mass is 9.69. The minimum atomic E-state index is -0.457. The van der Waals surface area contributed by atoms with Gasteiger partial charge in [-0.05, 0) is 95.6 Å². The highest BCUT2D eigenvalue weighted by molar-refractivity contribution is 6.22. The number of methoxy groups -OCH3 is 1. The second kappa shape index (κ2) is 13.4. The number of phenols is 1. The van der Waals surface area contributed by atoms with E-state index >= 15 is 0 Å². The van der Waals surface area contributed by atoms with E-state index in [1.807, 2.05) is 84.9 Å². The first-order valence-corrected chi connectivity index (χ1v) is 16.2. The Morgan fingerprint density at radius 3 is 2.34 bits per heavy atom. The summed E-state index contributed by atoms with van der Waals surface area (Å²) in [6.45, 7) is 0.805. The number of anilines is 3. The third-order valence-corrected chi connectivity index (χ3v) is 9.55. The van der Waals surface area contributed by atoms with Crippen LogP contribution in [0.5, 0.6) is 5.75 Å². The van der Waals surface area contributed by atoms with E-state index in [1.54, 1.807) is 19.2 Å². The Balaban J connectivity index is 1.12. The van der Waals surface area contributed by atoms with Crippen LogP contribution >= 0.6 is 0 Å². The molecule has 238 valence electrons. The first kappa shape index (κ1) is 30.7. The molecule has 4 atom stereocenters. The predicted octanol–water partition coefficient (Wildman–Crippen LogP) is 7.62. The second-order valence-electron chi connectivity index (χ2n) is 12.5. The molecule has 0 spiro atoms. The number of phenolic OH excluding ortho intramolecular Hbond substituents is 1. The zero-order valence-electron chi connectivity index (χ0n) is 26.3. The SMILES string of the molecule is COCC1=C2[C@@H](CC/C(=C/c3cccc(O)c3)c3ccccc3)OC[C@@H]2[C@@H]2C(=O)N(c3ccc(Nc4ccccc4)cc3)C(=O)[C@@H]2C1. The van der Waals surface area contributed by atoms with Crippen molar-refractivity contribution in [1.29, 1.82) is 0 Å². The van der Waals surface area contributed by atoms with E-state index < -0.39 is 11.8 Å². The van der Waals surface area contributed by atoms with Gasteiger partial charge in [-0.3, -0.25) is 14.5 Å². The molecule has 7 rings (SSSR count). The number of ether oxygens (including phenoxy) is 2. The molecule has 2 amide bonds. The number of fused-ring (bicyclic) bond motifs is 3. The molecule has 47 heavy (non-hydrogen) atoms. The number of hydrogen-bond acceptors (Lipinski definition) is 6. The van der Waals surface area contributed by atoms with Crippen molar-refractivity contribution in [2.75, 3.05) is 30.5 Å². The number of imide groups is 1. The lowest BCUT2D eigenvalue weighted by Crippen LogP contribution is -2.35. The third kappa shape index (κ3) is 6.24. The topological polar surface area (TPSA) is 88.1 Å². The molecule has 2 aliphatic heterocycles. The zero-order chi connectivity index (χ0) is 32.3. The number of aromatic hydroxyl groups is 1. The average molecular weight is 627 g/mol. The van der Waals surface area contributed by atoms with Gasteiger partial charge in [-0.25, -0.2) is 0 Å². The van der Waals surface area contributed by atoms with Crippen LogP contribution in [0.1, 0.15) is 30.4 Å². The highest BCUT2D eigenvalue weighted by atomic mass is 16.5. The summed E-state index contributed by atoms with van der Waals surface area (Å²) in [5, 5.41) is 13.4. The number of carbonyl (C=O) groups excluding carboxylic acids is 2. The third-order valence-electron chi connectivity index (χ3n) is 9.55.